The summed E-state index contributed by atoms with van der Waals surface area (Å²) >= 11 is 0. The molecular weight excluding hydrogens is 502 g/mol. The molecule has 9 nitrogen and oxygen atoms in total. The lowest BCUT2D eigenvalue weighted by atomic mass is 9.66. The Morgan fingerprint density at radius 2 is 1.95 bits per heavy atom. The highest BCUT2D eigenvalue weighted by atomic mass is 16.3. The fourth-order valence-corrected chi connectivity index (χ4v) is 7.67. The Morgan fingerprint density at radius 3 is 2.73 bits per heavy atom. The third-order valence-electron chi connectivity index (χ3n) is 10.4. The topological polar surface area (TPSA) is 138 Å². The van der Waals surface area contributed by atoms with Crippen LogP contribution < -0.4 is 11.1 Å². The average Bonchev–Trinajstić information content (AvgIpc) is 3.59. The van der Waals surface area contributed by atoms with Crippen molar-refractivity contribution in [3.8, 4) is 0 Å². The first-order valence-electron chi connectivity index (χ1n) is 14.9. The lowest BCUT2D eigenvalue weighted by molar-refractivity contribution is 0.00321. The maximum atomic E-state index is 10.9. The van der Waals surface area contributed by atoms with Gasteiger partial charge in [-0.2, -0.15) is 0 Å². The van der Waals surface area contributed by atoms with Crippen LogP contribution in [0.25, 0.3) is 22.1 Å². The van der Waals surface area contributed by atoms with E-state index >= 15 is 0 Å². The van der Waals surface area contributed by atoms with E-state index in [1.807, 2.05) is 16.8 Å². The lowest BCUT2D eigenvalue weighted by Gasteiger charge is -2.47. The molecule has 40 heavy (non-hydrogen) atoms. The van der Waals surface area contributed by atoms with Crippen molar-refractivity contribution in [3.05, 3.63) is 48.2 Å². The van der Waals surface area contributed by atoms with Gasteiger partial charge in [0, 0.05) is 30.6 Å². The van der Waals surface area contributed by atoms with Crippen molar-refractivity contribution in [2.45, 2.75) is 94.4 Å². The van der Waals surface area contributed by atoms with Crippen LogP contribution in [-0.4, -0.2) is 59.0 Å². The Bertz CT molecular complexity index is 1530. The zero-order valence-corrected chi connectivity index (χ0v) is 23.5. The van der Waals surface area contributed by atoms with Crippen LogP contribution in [0, 0.1) is 11.8 Å². The molecule has 3 aromatic heterocycles. The van der Waals surface area contributed by atoms with Crippen LogP contribution in [0.5, 0.6) is 0 Å². The van der Waals surface area contributed by atoms with E-state index in [9.17, 15) is 10.2 Å². The van der Waals surface area contributed by atoms with Crippen LogP contribution in [-0.2, 0) is 11.8 Å². The molecule has 0 bridgehead atoms. The zero-order chi connectivity index (χ0) is 27.6. The summed E-state index contributed by atoms with van der Waals surface area (Å²) in [7, 11) is 0. The lowest BCUT2D eigenvalue weighted by Crippen LogP contribution is -2.54. The van der Waals surface area contributed by atoms with Crippen LogP contribution in [0.2, 0.25) is 0 Å². The van der Waals surface area contributed by atoms with E-state index in [4.69, 9.17) is 10.7 Å². The SMILES string of the molecule is CC1(NC[C@H]2C[C@@H](n3ccc4c(N)ncnc43)[C@H](O)[C@@H]2O)CC(CCc2nc3cc(C4(C)CCC4)ccc3[nH]2)C1. The number of benzene rings is 1. The van der Waals surface area contributed by atoms with E-state index in [0.717, 1.165) is 47.9 Å². The molecule has 0 radical (unpaired) electrons. The van der Waals surface area contributed by atoms with Gasteiger partial charge in [-0.25, -0.2) is 15.0 Å². The maximum absolute atomic E-state index is 10.9. The summed E-state index contributed by atoms with van der Waals surface area (Å²) < 4.78 is 1.94. The summed E-state index contributed by atoms with van der Waals surface area (Å²) in [5, 5.41) is 26.3. The third kappa shape index (κ3) is 4.39. The van der Waals surface area contributed by atoms with Gasteiger partial charge in [-0.05, 0) is 80.5 Å². The Kier molecular flexibility index (Phi) is 6.18. The number of aryl methyl sites for hydroxylation is 1. The van der Waals surface area contributed by atoms with Crippen molar-refractivity contribution in [1.29, 1.82) is 0 Å². The average molecular weight is 544 g/mol. The summed E-state index contributed by atoms with van der Waals surface area (Å²) in [5.74, 6) is 2.15. The largest absolute Gasteiger partial charge is 0.390 e. The van der Waals surface area contributed by atoms with Gasteiger partial charge in [-0.15, -0.1) is 0 Å². The van der Waals surface area contributed by atoms with E-state index in [0.29, 0.717) is 35.8 Å². The number of H-pyrrole nitrogens is 1. The number of imidazole rings is 1. The number of nitrogens with one attached hydrogen (secondary N) is 2. The Hall–Kier alpha value is -3.01. The highest BCUT2D eigenvalue weighted by molar-refractivity contribution is 5.86. The number of aliphatic hydroxyl groups excluding tert-OH is 2. The van der Waals surface area contributed by atoms with Crippen LogP contribution in [0.4, 0.5) is 5.82 Å². The van der Waals surface area contributed by atoms with E-state index < -0.39 is 12.2 Å². The molecule has 3 aliphatic rings. The smallest absolute Gasteiger partial charge is 0.145 e. The zero-order valence-electron chi connectivity index (χ0n) is 23.5. The molecule has 0 aliphatic heterocycles. The predicted molar refractivity (Wildman–Crippen MR) is 156 cm³/mol. The molecule has 3 heterocycles. The van der Waals surface area contributed by atoms with Gasteiger partial charge in [-0.3, -0.25) is 0 Å². The van der Waals surface area contributed by atoms with Crippen molar-refractivity contribution in [3.63, 3.8) is 0 Å². The molecule has 0 unspecified atom stereocenters. The predicted octanol–water partition coefficient (Wildman–Crippen LogP) is 4.01. The first-order chi connectivity index (χ1) is 19.2. The van der Waals surface area contributed by atoms with Gasteiger partial charge in [0.1, 0.15) is 29.7 Å². The monoisotopic (exact) mass is 543 g/mol. The van der Waals surface area contributed by atoms with E-state index in [1.54, 1.807) is 0 Å². The molecule has 0 spiro atoms. The molecule has 0 saturated heterocycles. The van der Waals surface area contributed by atoms with Crippen LogP contribution in [0.15, 0.2) is 36.8 Å². The number of hydrogen-bond acceptors (Lipinski definition) is 7. The second kappa shape index (κ2) is 9.53. The molecule has 4 atom stereocenters. The molecule has 0 amide bonds. The van der Waals surface area contributed by atoms with E-state index in [1.165, 1.54) is 31.2 Å². The second-order valence-electron chi connectivity index (χ2n) is 13.3. The minimum absolute atomic E-state index is 0.0323. The van der Waals surface area contributed by atoms with Crippen molar-refractivity contribution >= 4 is 27.9 Å². The normalized spacial score (nSPS) is 31.4. The third-order valence-corrected chi connectivity index (χ3v) is 10.4. The minimum Gasteiger partial charge on any atom is -0.390 e. The number of aromatic amines is 1. The summed E-state index contributed by atoms with van der Waals surface area (Å²) in [4.78, 5) is 16.9. The fraction of sp³-hybridized carbons (Fsp3) is 0.581. The first-order valence-corrected chi connectivity index (χ1v) is 14.9. The summed E-state index contributed by atoms with van der Waals surface area (Å²) in [6.45, 7) is 5.33. The number of fused-ring (bicyclic) bond motifs is 2. The number of anilines is 1. The Balaban J connectivity index is 0.917. The van der Waals surface area contributed by atoms with Crippen molar-refractivity contribution in [2.75, 3.05) is 12.3 Å². The quantitative estimate of drug-likeness (QED) is 0.226. The van der Waals surface area contributed by atoms with Gasteiger partial charge in [-0.1, -0.05) is 19.4 Å². The van der Waals surface area contributed by atoms with Crippen LogP contribution >= 0.6 is 0 Å². The summed E-state index contributed by atoms with van der Waals surface area (Å²) in [6.07, 6.45) is 10.6. The maximum Gasteiger partial charge on any atom is 0.145 e. The summed E-state index contributed by atoms with van der Waals surface area (Å²) in [5.41, 5.74) is 10.8. The molecule has 1 aromatic carbocycles. The van der Waals surface area contributed by atoms with Crippen LogP contribution in [0.3, 0.4) is 0 Å². The van der Waals surface area contributed by atoms with E-state index in [2.05, 4.69) is 52.3 Å². The second-order valence-corrected chi connectivity index (χ2v) is 13.3. The Labute approximate surface area is 234 Å². The first kappa shape index (κ1) is 25.9. The number of nitrogens with zero attached hydrogens (tertiary/aromatic N) is 4. The van der Waals surface area contributed by atoms with Crippen molar-refractivity contribution < 1.29 is 10.2 Å². The Morgan fingerprint density at radius 1 is 1.12 bits per heavy atom. The van der Waals surface area contributed by atoms with Gasteiger partial charge < -0.3 is 30.8 Å². The number of nitrogen functional groups attached to an aromatic ring is 1. The molecule has 3 aliphatic carbocycles. The molecule has 3 fully saturated rings. The molecule has 3 saturated carbocycles. The highest BCUT2D eigenvalue weighted by Crippen LogP contribution is 2.44. The fourth-order valence-electron chi connectivity index (χ4n) is 7.67. The number of nitrogens with two attached hydrogens (primary N) is 1. The number of rotatable bonds is 8. The van der Waals surface area contributed by atoms with Crippen molar-refractivity contribution in [1.82, 2.24) is 29.8 Å². The molecule has 4 aromatic rings. The standard InChI is InChI=1S/C31H41N7O2/c1-30(9-3-10-30)20-5-6-22-23(13-20)37-25(36-22)7-4-18-14-31(2,15-18)35-16-19-12-24(27(40)26(19)39)38-11-8-21-28(32)33-17-34-29(21)38/h5-6,8,11,13,17-19,24,26-27,35,39-40H,3-4,7,9-10,12,14-16H2,1-2H3,(H,36,37)(H2,32,33,34)/t18?,19-,24-,26-,27+,31?/m1/s1. The van der Waals surface area contributed by atoms with Gasteiger partial charge in [0.15, 0.2) is 0 Å². The molecule has 7 rings (SSSR count). The number of aromatic nitrogens is 5. The van der Waals surface area contributed by atoms with Gasteiger partial charge in [0.2, 0.25) is 0 Å². The molecule has 212 valence electrons. The highest BCUT2D eigenvalue weighted by Gasteiger charge is 2.45. The van der Waals surface area contributed by atoms with Gasteiger partial charge >= 0.3 is 0 Å². The number of aliphatic hydroxyl groups is 2. The van der Waals surface area contributed by atoms with Crippen molar-refractivity contribution in [2.24, 2.45) is 11.8 Å². The van der Waals surface area contributed by atoms with Gasteiger partial charge in [0.25, 0.3) is 0 Å². The molecular formula is C31H41N7O2. The van der Waals surface area contributed by atoms with E-state index in [-0.39, 0.29) is 17.5 Å². The minimum atomic E-state index is -0.850. The molecule has 6 N–H and O–H groups in total. The van der Waals surface area contributed by atoms with Crippen LogP contribution in [0.1, 0.15) is 76.2 Å². The number of hydrogen-bond donors (Lipinski definition) is 5. The van der Waals surface area contributed by atoms with Gasteiger partial charge in [0.05, 0.1) is 28.6 Å². The summed E-state index contributed by atoms with van der Waals surface area (Å²) in [6, 6.07) is 8.41. The molecule has 9 heteroatoms.